The van der Waals surface area contributed by atoms with Gasteiger partial charge < -0.3 is 5.32 Å². The summed E-state index contributed by atoms with van der Waals surface area (Å²) in [5.74, 6) is 1.09. The molecule has 120 valence electrons. The SMILES string of the molecule is CC(C)Cc1nc(NC(=O)CC2NC(=O)c3ccccc32)n[nH]1. The van der Waals surface area contributed by atoms with Crippen LogP contribution in [0.1, 0.15) is 48.1 Å². The minimum absolute atomic E-state index is 0.143. The molecule has 7 heteroatoms. The van der Waals surface area contributed by atoms with Gasteiger partial charge in [-0.05, 0) is 17.5 Å². The average Bonchev–Trinajstić information content (AvgIpc) is 3.04. The second-order valence-corrected chi connectivity index (χ2v) is 6.07. The summed E-state index contributed by atoms with van der Waals surface area (Å²) in [4.78, 5) is 28.2. The lowest BCUT2D eigenvalue weighted by molar-refractivity contribution is -0.116. The number of anilines is 1. The van der Waals surface area contributed by atoms with Gasteiger partial charge in [0.1, 0.15) is 5.82 Å². The lowest BCUT2D eigenvalue weighted by atomic mass is 10.0. The van der Waals surface area contributed by atoms with Crippen molar-refractivity contribution < 1.29 is 9.59 Å². The van der Waals surface area contributed by atoms with Gasteiger partial charge in [-0.1, -0.05) is 32.0 Å². The van der Waals surface area contributed by atoms with Crippen LogP contribution < -0.4 is 10.6 Å². The molecule has 1 aromatic carbocycles. The van der Waals surface area contributed by atoms with Crippen LogP contribution in [-0.4, -0.2) is 27.0 Å². The number of H-pyrrole nitrogens is 1. The fourth-order valence-electron chi connectivity index (χ4n) is 2.67. The molecular weight excluding hydrogens is 294 g/mol. The number of nitrogens with one attached hydrogen (secondary N) is 3. The van der Waals surface area contributed by atoms with Crippen LogP contribution in [0.5, 0.6) is 0 Å². The standard InChI is InChI=1S/C16H19N5O2/c1-9(2)7-13-18-16(21-20-13)19-14(22)8-12-10-5-3-4-6-11(10)15(23)17-12/h3-6,9,12H,7-8H2,1-2H3,(H,17,23)(H2,18,19,20,21,22). The molecule has 1 aliphatic heterocycles. The Morgan fingerprint density at radius 1 is 1.35 bits per heavy atom. The minimum atomic E-state index is -0.312. The Bertz CT molecular complexity index is 738. The van der Waals surface area contributed by atoms with Crippen LogP contribution in [0.2, 0.25) is 0 Å². The largest absolute Gasteiger partial charge is 0.345 e. The number of carbonyl (C=O) groups is 2. The van der Waals surface area contributed by atoms with Crippen molar-refractivity contribution in [2.24, 2.45) is 5.92 Å². The second kappa shape index (κ2) is 6.20. The Morgan fingerprint density at radius 2 is 2.13 bits per heavy atom. The van der Waals surface area contributed by atoms with Crippen molar-refractivity contribution in [3.05, 3.63) is 41.2 Å². The van der Waals surface area contributed by atoms with Gasteiger partial charge in [0.25, 0.3) is 5.91 Å². The number of hydrogen-bond donors (Lipinski definition) is 3. The number of aromatic nitrogens is 3. The van der Waals surface area contributed by atoms with Gasteiger partial charge in [-0.15, -0.1) is 5.10 Å². The molecule has 0 spiro atoms. The highest BCUT2D eigenvalue weighted by molar-refractivity contribution is 6.00. The van der Waals surface area contributed by atoms with Crippen molar-refractivity contribution in [2.45, 2.75) is 32.7 Å². The third-order valence-electron chi connectivity index (χ3n) is 3.66. The van der Waals surface area contributed by atoms with E-state index in [1.165, 1.54) is 0 Å². The van der Waals surface area contributed by atoms with E-state index in [0.29, 0.717) is 11.5 Å². The highest BCUT2D eigenvalue weighted by Crippen LogP contribution is 2.27. The Morgan fingerprint density at radius 3 is 2.91 bits per heavy atom. The van der Waals surface area contributed by atoms with Crippen LogP contribution in [0.4, 0.5) is 5.95 Å². The molecule has 0 aliphatic carbocycles. The van der Waals surface area contributed by atoms with Gasteiger partial charge in [-0.25, -0.2) is 0 Å². The van der Waals surface area contributed by atoms with Gasteiger partial charge in [0.2, 0.25) is 11.9 Å². The maximum atomic E-state index is 12.2. The van der Waals surface area contributed by atoms with Crippen molar-refractivity contribution in [2.75, 3.05) is 5.32 Å². The maximum absolute atomic E-state index is 12.2. The normalized spacial score (nSPS) is 16.3. The lowest BCUT2D eigenvalue weighted by Crippen LogP contribution is -2.24. The van der Waals surface area contributed by atoms with Crippen molar-refractivity contribution in [3.8, 4) is 0 Å². The van der Waals surface area contributed by atoms with Gasteiger partial charge in [0.05, 0.1) is 12.5 Å². The number of fused-ring (bicyclic) bond motifs is 1. The first-order valence-corrected chi connectivity index (χ1v) is 7.64. The molecule has 7 nitrogen and oxygen atoms in total. The molecule has 0 radical (unpaired) electrons. The number of aromatic amines is 1. The molecule has 0 saturated carbocycles. The molecule has 1 aromatic heterocycles. The Kier molecular flexibility index (Phi) is 4.10. The van der Waals surface area contributed by atoms with Crippen molar-refractivity contribution in [1.82, 2.24) is 20.5 Å². The molecule has 23 heavy (non-hydrogen) atoms. The summed E-state index contributed by atoms with van der Waals surface area (Å²) < 4.78 is 0. The third kappa shape index (κ3) is 3.39. The number of carbonyl (C=O) groups excluding carboxylic acids is 2. The second-order valence-electron chi connectivity index (χ2n) is 6.07. The van der Waals surface area contributed by atoms with Gasteiger partial charge in [0.15, 0.2) is 0 Å². The van der Waals surface area contributed by atoms with Crippen LogP contribution in [-0.2, 0) is 11.2 Å². The summed E-state index contributed by atoms with van der Waals surface area (Å²) >= 11 is 0. The molecule has 0 bridgehead atoms. The first-order valence-electron chi connectivity index (χ1n) is 7.64. The molecule has 2 heterocycles. The number of benzene rings is 1. The quantitative estimate of drug-likeness (QED) is 0.784. The summed E-state index contributed by atoms with van der Waals surface area (Å²) in [6, 6.07) is 6.98. The fraction of sp³-hybridized carbons (Fsp3) is 0.375. The highest BCUT2D eigenvalue weighted by Gasteiger charge is 2.29. The van der Waals surface area contributed by atoms with Crippen molar-refractivity contribution in [1.29, 1.82) is 0 Å². The van der Waals surface area contributed by atoms with Crippen LogP contribution in [0.3, 0.4) is 0 Å². The third-order valence-corrected chi connectivity index (χ3v) is 3.66. The Hall–Kier alpha value is -2.70. The van der Waals surface area contributed by atoms with Crippen LogP contribution in [0.15, 0.2) is 24.3 Å². The van der Waals surface area contributed by atoms with Gasteiger partial charge in [-0.3, -0.25) is 20.0 Å². The van der Waals surface area contributed by atoms with Crippen molar-refractivity contribution >= 4 is 17.8 Å². The van der Waals surface area contributed by atoms with E-state index in [1.807, 2.05) is 18.2 Å². The molecule has 1 unspecified atom stereocenters. The summed E-state index contributed by atoms with van der Waals surface area (Å²) in [6.07, 6.45) is 0.922. The predicted molar refractivity (Wildman–Crippen MR) is 84.8 cm³/mol. The van der Waals surface area contributed by atoms with E-state index < -0.39 is 0 Å². The predicted octanol–water partition coefficient (Wildman–Crippen LogP) is 1.82. The number of rotatable bonds is 5. The zero-order valence-corrected chi connectivity index (χ0v) is 13.1. The van der Waals surface area contributed by atoms with E-state index in [0.717, 1.165) is 17.8 Å². The van der Waals surface area contributed by atoms with E-state index in [1.54, 1.807) is 6.07 Å². The lowest BCUT2D eigenvalue weighted by Gasteiger charge is -2.10. The number of amides is 2. The van der Waals surface area contributed by atoms with Crippen LogP contribution >= 0.6 is 0 Å². The molecule has 0 saturated heterocycles. The smallest absolute Gasteiger partial charge is 0.252 e. The van der Waals surface area contributed by atoms with E-state index >= 15 is 0 Å². The number of hydrogen-bond acceptors (Lipinski definition) is 4. The summed E-state index contributed by atoms with van der Waals surface area (Å²) in [6.45, 7) is 4.17. The van der Waals surface area contributed by atoms with Gasteiger partial charge in [0, 0.05) is 12.0 Å². The molecule has 1 atom stereocenters. The Labute approximate surface area is 133 Å². The maximum Gasteiger partial charge on any atom is 0.252 e. The summed E-state index contributed by atoms with van der Waals surface area (Å²) in [5, 5.41) is 12.3. The van der Waals surface area contributed by atoms with Crippen LogP contribution in [0, 0.1) is 5.92 Å². The average molecular weight is 313 g/mol. The molecule has 3 N–H and O–H groups in total. The summed E-state index contributed by atoms with van der Waals surface area (Å²) in [5.41, 5.74) is 1.48. The molecule has 3 rings (SSSR count). The zero-order valence-electron chi connectivity index (χ0n) is 13.1. The topological polar surface area (TPSA) is 99.8 Å². The van der Waals surface area contributed by atoms with Crippen LogP contribution in [0.25, 0.3) is 0 Å². The van der Waals surface area contributed by atoms with Crippen molar-refractivity contribution in [3.63, 3.8) is 0 Å². The fourth-order valence-corrected chi connectivity index (χ4v) is 2.67. The molecule has 2 amide bonds. The zero-order chi connectivity index (χ0) is 16.4. The first-order chi connectivity index (χ1) is 11.0. The van der Waals surface area contributed by atoms with Gasteiger partial charge in [-0.2, -0.15) is 4.98 Å². The van der Waals surface area contributed by atoms with E-state index in [2.05, 4.69) is 39.7 Å². The van der Waals surface area contributed by atoms with E-state index in [-0.39, 0.29) is 30.2 Å². The highest BCUT2D eigenvalue weighted by atomic mass is 16.2. The minimum Gasteiger partial charge on any atom is -0.345 e. The molecule has 2 aromatic rings. The molecule has 1 aliphatic rings. The number of nitrogens with zero attached hydrogens (tertiary/aromatic N) is 2. The van der Waals surface area contributed by atoms with E-state index in [9.17, 15) is 9.59 Å². The molecular formula is C16H19N5O2. The Balaban J connectivity index is 1.62. The monoisotopic (exact) mass is 313 g/mol. The van der Waals surface area contributed by atoms with E-state index in [4.69, 9.17) is 0 Å². The first kappa shape index (κ1) is 15.2. The van der Waals surface area contributed by atoms with Gasteiger partial charge >= 0.3 is 0 Å². The molecule has 0 fully saturated rings. The summed E-state index contributed by atoms with van der Waals surface area (Å²) in [7, 11) is 0.